The Morgan fingerprint density at radius 3 is 2.33 bits per heavy atom. The van der Waals surface area contributed by atoms with Crippen molar-refractivity contribution in [3.63, 3.8) is 0 Å². The first-order valence-electron chi connectivity index (χ1n) is 3.49. The van der Waals surface area contributed by atoms with Crippen LogP contribution in [0.15, 0.2) is 0 Å². The highest BCUT2D eigenvalue weighted by molar-refractivity contribution is 5.77. The van der Waals surface area contributed by atoms with E-state index in [4.69, 9.17) is 0 Å². The lowest BCUT2D eigenvalue weighted by Crippen LogP contribution is -2.38. The fourth-order valence-corrected chi connectivity index (χ4v) is 0.569. The molecule has 0 saturated heterocycles. The molecule has 0 heterocycles. The summed E-state index contributed by atoms with van der Waals surface area (Å²) in [5, 5.41) is 2.63. The molecule has 0 rings (SSSR count). The molecule has 1 N–H and O–H groups in total. The van der Waals surface area contributed by atoms with Gasteiger partial charge in [0.05, 0.1) is 20.8 Å². The number of ether oxygens (including phenoxy) is 2. The maximum atomic E-state index is 10.8. The Hall–Kier alpha value is -1.10. The first-order chi connectivity index (χ1) is 5.61. The summed E-state index contributed by atoms with van der Waals surface area (Å²) in [5.41, 5.74) is 0. The lowest BCUT2D eigenvalue weighted by atomic mass is 10.3. The lowest BCUT2D eigenvalue weighted by molar-refractivity contribution is -0.143. The summed E-state index contributed by atoms with van der Waals surface area (Å²) in [6.45, 7) is 1.61. The minimum absolute atomic E-state index is 0.00671. The smallest absolute Gasteiger partial charge is 0.322 e. The van der Waals surface area contributed by atoms with Gasteiger partial charge in [0.2, 0.25) is 0 Å². The van der Waals surface area contributed by atoms with E-state index in [2.05, 4.69) is 14.8 Å². The van der Waals surface area contributed by atoms with Crippen molar-refractivity contribution in [3.8, 4) is 0 Å². The molecule has 0 aromatic carbocycles. The summed E-state index contributed by atoms with van der Waals surface area (Å²) < 4.78 is 8.78. The number of hydrogen-bond acceptors (Lipinski definition) is 5. The van der Waals surface area contributed by atoms with Gasteiger partial charge in [-0.2, -0.15) is 0 Å². The van der Waals surface area contributed by atoms with Crippen LogP contribution in [0.1, 0.15) is 6.92 Å². The molecule has 1 atom stereocenters. The molecule has 0 aliphatic carbocycles. The molecule has 0 saturated carbocycles. The molecule has 0 aliphatic rings. The topological polar surface area (TPSA) is 64.6 Å². The summed E-state index contributed by atoms with van der Waals surface area (Å²) in [7, 11) is 2.57. The SMILES string of the molecule is COC(=O)CN[C@@H](C)C(=O)OC. The maximum Gasteiger partial charge on any atom is 0.322 e. The Balaban J connectivity index is 3.63. The van der Waals surface area contributed by atoms with Crippen LogP contribution >= 0.6 is 0 Å². The summed E-state index contributed by atoms with van der Waals surface area (Å²) >= 11 is 0. The van der Waals surface area contributed by atoms with Crippen molar-refractivity contribution in [2.24, 2.45) is 0 Å². The first-order valence-corrected chi connectivity index (χ1v) is 3.49. The van der Waals surface area contributed by atoms with Crippen LogP contribution in [-0.2, 0) is 19.1 Å². The van der Waals surface area contributed by atoms with E-state index in [0.29, 0.717) is 0 Å². The van der Waals surface area contributed by atoms with Gasteiger partial charge in [0, 0.05) is 0 Å². The summed E-state index contributed by atoms with van der Waals surface area (Å²) in [4.78, 5) is 21.4. The highest BCUT2D eigenvalue weighted by Gasteiger charge is 2.13. The van der Waals surface area contributed by atoms with Crippen molar-refractivity contribution in [1.29, 1.82) is 0 Å². The molecule has 70 valence electrons. The zero-order valence-corrected chi connectivity index (χ0v) is 7.42. The summed E-state index contributed by atoms with van der Waals surface area (Å²) in [6.07, 6.45) is 0. The fraction of sp³-hybridized carbons (Fsp3) is 0.714. The van der Waals surface area contributed by atoms with E-state index in [1.165, 1.54) is 14.2 Å². The minimum Gasteiger partial charge on any atom is -0.468 e. The van der Waals surface area contributed by atoms with Gasteiger partial charge in [-0.1, -0.05) is 0 Å². The summed E-state index contributed by atoms with van der Waals surface area (Å²) in [5.74, 6) is -0.815. The maximum absolute atomic E-state index is 10.8. The fourth-order valence-electron chi connectivity index (χ4n) is 0.569. The Kier molecular flexibility index (Phi) is 5.03. The molecule has 0 aromatic rings. The molecule has 5 nitrogen and oxygen atoms in total. The van der Waals surface area contributed by atoms with Crippen LogP contribution in [-0.4, -0.2) is 38.7 Å². The van der Waals surface area contributed by atoms with E-state index in [9.17, 15) is 9.59 Å². The zero-order valence-electron chi connectivity index (χ0n) is 7.42. The molecule has 0 bridgehead atoms. The second-order valence-electron chi connectivity index (χ2n) is 2.20. The molecule has 0 fully saturated rings. The van der Waals surface area contributed by atoms with Gasteiger partial charge in [-0.05, 0) is 6.92 Å². The van der Waals surface area contributed by atoms with Crippen molar-refractivity contribution in [1.82, 2.24) is 5.32 Å². The normalized spacial score (nSPS) is 11.9. The van der Waals surface area contributed by atoms with E-state index in [0.717, 1.165) is 0 Å². The Morgan fingerprint density at radius 1 is 1.33 bits per heavy atom. The van der Waals surface area contributed by atoms with Gasteiger partial charge in [0.15, 0.2) is 0 Å². The standard InChI is InChI=1S/C7H13NO4/c1-5(7(10)12-3)8-4-6(9)11-2/h5,8H,4H2,1-3H3/t5-/m0/s1. The van der Waals surface area contributed by atoms with Crippen LogP contribution in [0, 0.1) is 0 Å². The first kappa shape index (κ1) is 10.9. The average Bonchev–Trinajstić information content (AvgIpc) is 2.11. The molecule has 0 unspecified atom stereocenters. The monoisotopic (exact) mass is 175 g/mol. The van der Waals surface area contributed by atoms with Crippen LogP contribution in [0.2, 0.25) is 0 Å². The van der Waals surface area contributed by atoms with E-state index in [-0.39, 0.29) is 6.54 Å². The molecule has 0 aromatic heterocycles. The third-order valence-electron chi connectivity index (χ3n) is 1.33. The molecule has 5 heteroatoms. The predicted octanol–water partition coefficient (Wildman–Crippen LogP) is -0.690. The van der Waals surface area contributed by atoms with Gasteiger partial charge in [-0.25, -0.2) is 0 Å². The van der Waals surface area contributed by atoms with Gasteiger partial charge in [0.25, 0.3) is 0 Å². The van der Waals surface area contributed by atoms with E-state index >= 15 is 0 Å². The van der Waals surface area contributed by atoms with Crippen LogP contribution in [0.3, 0.4) is 0 Å². The zero-order chi connectivity index (χ0) is 9.56. The van der Waals surface area contributed by atoms with Gasteiger partial charge >= 0.3 is 11.9 Å². The second-order valence-corrected chi connectivity index (χ2v) is 2.20. The van der Waals surface area contributed by atoms with Crippen molar-refractivity contribution in [2.75, 3.05) is 20.8 Å². The van der Waals surface area contributed by atoms with Crippen molar-refractivity contribution < 1.29 is 19.1 Å². The molecule has 0 spiro atoms. The van der Waals surface area contributed by atoms with Crippen LogP contribution in [0.25, 0.3) is 0 Å². The number of rotatable bonds is 4. The third kappa shape index (κ3) is 3.92. The average molecular weight is 175 g/mol. The number of nitrogens with one attached hydrogen (secondary N) is 1. The molecular weight excluding hydrogens is 162 g/mol. The van der Waals surface area contributed by atoms with E-state index < -0.39 is 18.0 Å². The van der Waals surface area contributed by atoms with E-state index in [1.54, 1.807) is 6.92 Å². The highest BCUT2D eigenvalue weighted by atomic mass is 16.5. The van der Waals surface area contributed by atoms with Crippen molar-refractivity contribution >= 4 is 11.9 Å². The second kappa shape index (κ2) is 5.54. The number of carbonyl (C=O) groups excluding carboxylic acids is 2. The quantitative estimate of drug-likeness (QED) is 0.573. The van der Waals surface area contributed by atoms with Gasteiger partial charge in [-0.3, -0.25) is 14.9 Å². The predicted molar refractivity (Wildman–Crippen MR) is 41.5 cm³/mol. The van der Waals surface area contributed by atoms with Crippen molar-refractivity contribution in [2.45, 2.75) is 13.0 Å². The molecule has 0 aliphatic heterocycles. The lowest BCUT2D eigenvalue weighted by Gasteiger charge is -2.09. The molecule has 0 amide bonds. The summed E-state index contributed by atoms with van der Waals surface area (Å²) in [6, 6.07) is -0.492. The Labute approximate surface area is 71.0 Å². The van der Waals surface area contributed by atoms with Gasteiger partial charge in [-0.15, -0.1) is 0 Å². The van der Waals surface area contributed by atoms with Gasteiger partial charge < -0.3 is 9.47 Å². The molecular formula is C7H13NO4. The Morgan fingerprint density at radius 2 is 1.92 bits per heavy atom. The number of esters is 2. The minimum atomic E-state index is -0.492. The molecule has 0 radical (unpaired) electrons. The third-order valence-corrected chi connectivity index (χ3v) is 1.33. The highest BCUT2D eigenvalue weighted by Crippen LogP contribution is 1.84. The van der Waals surface area contributed by atoms with Crippen LogP contribution < -0.4 is 5.32 Å². The van der Waals surface area contributed by atoms with Gasteiger partial charge in [0.1, 0.15) is 6.04 Å². The number of hydrogen-bond donors (Lipinski definition) is 1. The van der Waals surface area contributed by atoms with E-state index in [1.807, 2.05) is 0 Å². The van der Waals surface area contributed by atoms with Crippen LogP contribution in [0.5, 0.6) is 0 Å². The molecule has 12 heavy (non-hydrogen) atoms. The largest absolute Gasteiger partial charge is 0.468 e. The van der Waals surface area contributed by atoms with Crippen LogP contribution in [0.4, 0.5) is 0 Å². The van der Waals surface area contributed by atoms with Crippen molar-refractivity contribution in [3.05, 3.63) is 0 Å². The number of methoxy groups -OCH3 is 2. The number of carbonyl (C=O) groups is 2. The Bertz CT molecular complexity index is 169.